The maximum Gasteiger partial charge on any atom is 0.410 e. The van der Waals surface area contributed by atoms with Crippen molar-refractivity contribution in [2.45, 2.75) is 45.4 Å². The highest BCUT2D eigenvalue weighted by Gasteiger charge is 2.29. The van der Waals surface area contributed by atoms with Crippen molar-refractivity contribution in [3.05, 3.63) is 30.2 Å². The first kappa shape index (κ1) is 15.7. The summed E-state index contributed by atoms with van der Waals surface area (Å²) in [5.74, 6) is 0.872. The lowest BCUT2D eigenvalue weighted by atomic mass is 10.2. The normalized spacial score (nSPS) is 18.6. The minimum Gasteiger partial charge on any atom is -0.444 e. The number of nitrogens with one attached hydrogen (secondary N) is 1. The minimum atomic E-state index is -0.455. The number of carbonyl (C=O) groups excluding carboxylic acids is 1. The van der Waals surface area contributed by atoms with Gasteiger partial charge < -0.3 is 15.0 Å². The van der Waals surface area contributed by atoms with Crippen LogP contribution in [0.25, 0.3) is 5.65 Å². The molecule has 23 heavy (non-hydrogen) atoms. The molecule has 1 amide bonds. The highest BCUT2D eigenvalue weighted by Crippen LogP contribution is 2.15. The molecule has 0 aliphatic carbocycles. The summed E-state index contributed by atoms with van der Waals surface area (Å²) < 4.78 is 7.38. The molecule has 1 aliphatic rings. The number of nitrogens with zero attached hydrogens (tertiary/aromatic N) is 4. The fourth-order valence-corrected chi connectivity index (χ4v) is 2.67. The van der Waals surface area contributed by atoms with Gasteiger partial charge >= 0.3 is 6.09 Å². The molecule has 0 bridgehead atoms. The minimum absolute atomic E-state index is 0.241. The summed E-state index contributed by atoms with van der Waals surface area (Å²) in [6, 6.07) is 6.07. The molecule has 0 saturated carbocycles. The van der Waals surface area contributed by atoms with Gasteiger partial charge in [0.05, 0.1) is 6.54 Å². The zero-order valence-electron chi connectivity index (χ0n) is 13.8. The van der Waals surface area contributed by atoms with Gasteiger partial charge in [-0.15, -0.1) is 10.2 Å². The Morgan fingerprint density at radius 1 is 1.39 bits per heavy atom. The molecule has 3 rings (SSSR count). The fraction of sp³-hybridized carbons (Fsp3) is 0.562. The number of hydrogen-bond donors (Lipinski definition) is 1. The number of ether oxygens (including phenoxy) is 1. The van der Waals surface area contributed by atoms with Crippen molar-refractivity contribution in [3.63, 3.8) is 0 Å². The maximum absolute atomic E-state index is 12.1. The van der Waals surface area contributed by atoms with Crippen LogP contribution in [0, 0.1) is 0 Å². The van der Waals surface area contributed by atoms with Crippen LogP contribution < -0.4 is 5.32 Å². The van der Waals surface area contributed by atoms with E-state index in [-0.39, 0.29) is 12.1 Å². The number of likely N-dealkylation sites (tertiary alicyclic amines) is 1. The highest BCUT2D eigenvalue weighted by atomic mass is 16.6. The number of amides is 1. The quantitative estimate of drug-likeness (QED) is 0.935. The smallest absolute Gasteiger partial charge is 0.410 e. The molecular formula is C16H23N5O2. The van der Waals surface area contributed by atoms with Crippen LogP contribution >= 0.6 is 0 Å². The second kappa shape index (κ2) is 6.16. The Balaban J connectivity index is 1.53. The first-order chi connectivity index (χ1) is 10.9. The maximum atomic E-state index is 12.1. The molecule has 1 atom stereocenters. The second-order valence-corrected chi connectivity index (χ2v) is 6.84. The summed E-state index contributed by atoms with van der Waals surface area (Å²) in [7, 11) is 0. The topological polar surface area (TPSA) is 71.8 Å². The number of hydrogen-bond acceptors (Lipinski definition) is 5. The summed E-state index contributed by atoms with van der Waals surface area (Å²) in [5, 5.41) is 11.8. The second-order valence-electron chi connectivity index (χ2n) is 6.84. The molecule has 1 saturated heterocycles. The van der Waals surface area contributed by atoms with Crippen LogP contribution in [0.4, 0.5) is 4.79 Å². The van der Waals surface area contributed by atoms with Gasteiger partial charge in [0.15, 0.2) is 11.5 Å². The number of fused-ring (bicyclic) bond motifs is 1. The first-order valence-corrected chi connectivity index (χ1v) is 7.92. The molecule has 0 aromatic carbocycles. The first-order valence-electron chi connectivity index (χ1n) is 7.92. The molecule has 7 heteroatoms. The lowest BCUT2D eigenvalue weighted by Crippen LogP contribution is -2.38. The van der Waals surface area contributed by atoms with Gasteiger partial charge in [-0.3, -0.25) is 4.40 Å². The Kier molecular flexibility index (Phi) is 4.21. The van der Waals surface area contributed by atoms with E-state index in [4.69, 9.17) is 4.74 Å². The summed E-state index contributed by atoms with van der Waals surface area (Å²) in [6.45, 7) is 7.64. The molecule has 1 aliphatic heterocycles. The van der Waals surface area contributed by atoms with Gasteiger partial charge in [-0.25, -0.2) is 4.79 Å². The van der Waals surface area contributed by atoms with E-state index in [2.05, 4.69) is 15.5 Å². The Labute approximate surface area is 135 Å². The van der Waals surface area contributed by atoms with Gasteiger partial charge in [-0.1, -0.05) is 6.07 Å². The van der Waals surface area contributed by atoms with Crippen molar-refractivity contribution in [1.29, 1.82) is 0 Å². The van der Waals surface area contributed by atoms with Crippen molar-refractivity contribution in [1.82, 2.24) is 24.8 Å². The Morgan fingerprint density at radius 3 is 3.00 bits per heavy atom. The van der Waals surface area contributed by atoms with Gasteiger partial charge in [0, 0.05) is 25.3 Å². The molecule has 3 heterocycles. The molecule has 2 aromatic heterocycles. The van der Waals surface area contributed by atoms with Crippen molar-refractivity contribution < 1.29 is 9.53 Å². The van der Waals surface area contributed by atoms with E-state index in [9.17, 15) is 4.79 Å². The summed E-state index contributed by atoms with van der Waals surface area (Å²) in [4.78, 5) is 13.8. The van der Waals surface area contributed by atoms with E-state index in [0.717, 1.165) is 17.9 Å². The SMILES string of the molecule is CC(C)(C)OC(=O)N1CCC(NCc2nnc3ccccn23)C1. The summed E-state index contributed by atoms with van der Waals surface area (Å²) >= 11 is 0. The van der Waals surface area contributed by atoms with Crippen LogP contribution in [0.3, 0.4) is 0 Å². The van der Waals surface area contributed by atoms with E-state index >= 15 is 0 Å². The lowest BCUT2D eigenvalue weighted by molar-refractivity contribution is 0.0291. The molecule has 124 valence electrons. The van der Waals surface area contributed by atoms with Crippen LogP contribution in [0.5, 0.6) is 0 Å². The largest absolute Gasteiger partial charge is 0.444 e. The van der Waals surface area contributed by atoms with E-state index in [1.54, 1.807) is 4.90 Å². The van der Waals surface area contributed by atoms with Crippen molar-refractivity contribution in [3.8, 4) is 0 Å². The average molecular weight is 317 g/mol. The van der Waals surface area contributed by atoms with Gasteiger partial charge in [-0.2, -0.15) is 0 Å². The van der Waals surface area contributed by atoms with Gasteiger partial charge in [0.25, 0.3) is 0 Å². The molecule has 1 N–H and O–H groups in total. The monoisotopic (exact) mass is 317 g/mol. The van der Waals surface area contributed by atoms with Crippen LogP contribution in [-0.2, 0) is 11.3 Å². The summed E-state index contributed by atoms with van der Waals surface area (Å²) in [5.41, 5.74) is 0.384. The zero-order valence-corrected chi connectivity index (χ0v) is 13.8. The van der Waals surface area contributed by atoms with Gasteiger partial charge in [-0.05, 0) is 39.3 Å². The van der Waals surface area contributed by atoms with Crippen LogP contribution in [-0.4, -0.2) is 50.3 Å². The Bertz CT molecular complexity index is 691. The summed E-state index contributed by atoms with van der Waals surface area (Å²) in [6.07, 6.45) is 2.62. The predicted octanol–water partition coefficient (Wildman–Crippen LogP) is 1.83. The number of pyridine rings is 1. The molecule has 0 spiro atoms. The zero-order chi connectivity index (χ0) is 16.4. The molecule has 1 fully saturated rings. The third-order valence-electron chi connectivity index (χ3n) is 3.77. The van der Waals surface area contributed by atoms with Gasteiger partial charge in [0.2, 0.25) is 0 Å². The van der Waals surface area contributed by atoms with E-state index < -0.39 is 5.60 Å². The Morgan fingerprint density at radius 2 is 2.22 bits per heavy atom. The third-order valence-corrected chi connectivity index (χ3v) is 3.77. The van der Waals surface area contributed by atoms with E-state index in [1.165, 1.54) is 0 Å². The molecule has 2 aromatic rings. The molecule has 7 nitrogen and oxygen atoms in total. The predicted molar refractivity (Wildman–Crippen MR) is 86.0 cm³/mol. The number of rotatable bonds is 3. The van der Waals surface area contributed by atoms with Crippen molar-refractivity contribution >= 4 is 11.7 Å². The van der Waals surface area contributed by atoms with Crippen LogP contribution in [0.2, 0.25) is 0 Å². The van der Waals surface area contributed by atoms with E-state index in [0.29, 0.717) is 19.6 Å². The number of carbonyl (C=O) groups is 1. The fourth-order valence-electron chi connectivity index (χ4n) is 2.67. The molecule has 0 radical (unpaired) electrons. The number of aromatic nitrogens is 3. The third kappa shape index (κ3) is 3.79. The van der Waals surface area contributed by atoms with Gasteiger partial charge in [0.1, 0.15) is 5.60 Å². The van der Waals surface area contributed by atoms with Crippen LogP contribution in [0.15, 0.2) is 24.4 Å². The van der Waals surface area contributed by atoms with Crippen molar-refractivity contribution in [2.75, 3.05) is 13.1 Å². The van der Waals surface area contributed by atoms with Crippen LogP contribution in [0.1, 0.15) is 33.0 Å². The van der Waals surface area contributed by atoms with Crippen molar-refractivity contribution in [2.24, 2.45) is 0 Å². The standard InChI is InChI=1S/C16H23N5O2/c1-16(2,3)23-15(22)20-9-7-12(11-20)17-10-14-19-18-13-6-4-5-8-21(13)14/h4-6,8,12,17H,7,9-11H2,1-3H3. The average Bonchev–Trinajstić information content (AvgIpc) is 3.10. The molecule has 1 unspecified atom stereocenters. The lowest BCUT2D eigenvalue weighted by Gasteiger charge is -2.24. The highest BCUT2D eigenvalue weighted by molar-refractivity contribution is 5.68. The Hall–Kier alpha value is -2.15. The molecular weight excluding hydrogens is 294 g/mol. The van der Waals surface area contributed by atoms with E-state index in [1.807, 2.05) is 49.6 Å².